The second-order valence-corrected chi connectivity index (χ2v) is 6.06. The van der Waals surface area contributed by atoms with Crippen molar-refractivity contribution in [3.8, 4) is 5.75 Å². The van der Waals surface area contributed by atoms with Crippen LogP contribution >= 0.6 is 0 Å². The first-order valence-electron chi connectivity index (χ1n) is 8.52. The highest BCUT2D eigenvalue weighted by Crippen LogP contribution is 2.29. The Labute approximate surface area is 154 Å². The number of halogens is 1. The van der Waals surface area contributed by atoms with E-state index in [0.29, 0.717) is 47.9 Å². The Kier molecular flexibility index (Phi) is 4.84. The first-order chi connectivity index (χ1) is 13.2. The molecule has 0 spiro atoms. The molecule has 0 saturated heterocycles. The molecule has 1 aliphatic heterocycles. The number of rotatable bonds is 5. The number of carbonyl (C=O) groups is 1. The summed E-state index contributed by atoms with van der Waals surface area (Å²) in [6, 6.07) is 10.2. The first kappa shape index (κ1) is 17.2. The zero-order chi connectivity index (χ0) is 18.6. The van der Waals surface area contributed by atoms with Crippen molar-refractivity contribution >= 4 is 23.1 Å². The molecule has 0 bridgehead atoms. The van der Waals surface area contributed by atoms with Gasteiger partial charge in [0.25, 0.3) is 0 Å². The predicted octanol–water partition coefficient (Wildman–Crippen LogP) is 3.21. The molecule has 1 aliphatic rings. The van der Waals surface area contributed by atoms with Crippen LogP contribution in [0.5, 0.6) is 5.75 Å². The van der Waals surface area contributed by atoms with Gasteiger partial charge in [0.15, 0.2) is 12.4 Å². The summed E-state index contributed by atoms with van der Waals surface area (Å²) in [5.74, 6) is 0.365. The topological polar surface area (TPSA) is 73.6 Å². The normalized spacial score (nSPS) is 13.5. The van der Waals surface area contributed by atoms with Crippen LogP contribution in [0.2, 0.25) is 0 Å². The standard InChI is InChI=1S/C20H17FN2O4/c21-15-9-13(20-14(10-15)11-25-12-26-20)7-8-22-18(24)5-6-19-23-16-3-1-2-4-17(16)27-19/h1-6,9-10H,7-8,11-12H2,(H,22,24). The third kappa shape index (κ3) is 3.98. The van der Waals surface area contributed by atoms with Crippen LogP contribution in [0.1, 0.15) is 17.0 Å². The highest BCUT2D eigenvalue weighted by molar-refractivity contribution is 5.91. The molecule has 2 heterocycles. The summed E-state index contributed by atoms with van der Waals surface area (Å²) < 4.78 is 29.9. The maximum Gasteiger partial charge on any atom is 0.244 e. The SMILES string of the molecule is O=C(C=Cc1nc2ccccc2o1)NCCc1cc(F)cc2c1OCOC2. The Balaban J connectivity index is 1.35. The first-order valence-corrected chi connectivity index (χ1v) is 8.52. The minimum atomic E-state index is -0.347. The largest absolute Gasteiger partial charge is 0.467 e. The summed E-state index contributed by atoms with van der Waals surface area (Å²) >= 11 is 0. The number of para-hydroxylation sites is 2. The maximum absolute atomic E-state index is 13.7. The summed E-state index contributed by atoms with van der Waals surface area (Å²) in [7, 11) is 0. The number of nitrogens with one attached hydrogen (secondary N) is 1. The smallest absolute Gasteiger partial charge is 0.244 e. The molecule has 0 unspecified atom stereocenters. The lowest BCUT2D eigenvalue weighted by Gasteiger charge is -2.20. The third-order valence-corrected chi connectivity index (χ3v) is 4.13. The van der Waals surface area contributed by atoms with Crippen LogP contribution in [0, 0.1) is 5.82 Å². The predicted molar refractivity (Wildman–Crippen MR) is 96.4 cm³/mol. The van der Waals surface area contributed by atoms with E-state index >= 15 is 0 Å². The maximum atomic E-state index is 13.7. The lowest BCUT2D eigenvalue weighted by atomic mass is 10.1. The van der Waals surface area contributed by atoms with Gasteiger partial charge in [0.05, 0.1) is 6.61 Å². The van der Waals surface area contributed by atoms with Crippen molar-refractivity contribution < 1.29 is 23.1 Å². The van der Waals surface area contributed by atoms with Crippen molar-refractivity contribution in [1.29, 1.82) is 0 Å². The van der Waals surface area contributed by atoms with Gasteiger partial charge in [0.1, 0.15) is 17.1 Å². The Morgan fingerprint density at radius 1 is 1.30 bits per heavy atom. The molecule has 0 aliphatic carbocycles. The summed E-state index contributed by atoms with van der Waals surface area (Å²) in [5, 5.41) is 2.76. The van der Waals surface area contributed by atoms with E-state index in [1.54, 1.807) is 0 Å². The van der Waals surface area contributed by atoms with Gasteiger partial charge in [-0.3, -0.25) is 4.79 Å². The van der Waals surface area contributed by atoms with E-state index in [0.717, 1.165) is 5.52 Å². The average molecular weight is 368 g/mol. The Morgan fingerprint density at radius 3 is 3.07 bits per heavy atom. The molecule has 1 aromatic heterocycles. The quantitative estimate of drug-likeness (QED) is 0.700. The molecule has 7 heteroatoms. The molecule has 1 N–H and O–H groups in total. The molecule has 0 radical (unpaired) electrons. The number of amides is 1. The Bertz CT molecular complexity index is 979. The third-order valence-electron chi connectivity index (χ3n) is 4.13. The van der Waals surface area contributed by atoms with Crippen molar-refractivity contribution in [2.75, 3.05) is 13.3 Å². The van der Waals surface area contributed by atoms with E-state index in [4.69, 9.17) is 13.9 Å². The Morgan fingerprint density at radius 2 is 2.19 bits per heavy atom. The molecular weight excluding hydrogens is 351 g/mol. The number of oxazole rings is 1. The number of aromatic nitrogens is 1. The molecular formula is C20H17FN2O4. The van der Waals surface area contributed by atoms with Gasteiger partial charge in [-0.15, -0.1) is 0 Å². The average Bonchev–Trinajstić information content (AvgIpc) is 3.09. The molecule has 0 saturated carbocycles. The summed E-state index contributed by atoms with van der Waals surface area (Å²) in [4.78, 5) is 16.3. The van der Waals surface area contributed by atoms with Crippen LogP contribution in [-0.4, -0.2) is 24.2 Å². The van der Waals surface area contributed by atoms with E-state index in [1.165, 1.54) is 24.3 Å². The fraction of sp³-hybridized carbons (Fsp3) is 0.200. The van der Waals surface area contributed by atoms with E-state index < -0.39 is 0 Å². The van der Waals surface area contributed by atoms with Crippen LogP contribution in [-0.2, 0) is 22.6 Å². The van der Waals surface area contributed by atoms with Crippen molar-refractivity contribution in [2.45, 2.75) is 13.0 Å². The number of fused-ring (bicyclic) bond motifs is 2. The van der Waals surface area contributed by atoms with E-state index in [1.807, 2.05) is 24.3 Å². The number of nitrogens with zero attached hydrogens (tertiary/aromatic N) is 1. The van der Waals surface area contributed by atoms with Gasteiger partial charge < -0.3 is 19.2 Å². The molecule has 0 atom stereocenters. The van der Waals surface area contributed by atoms with Crippen LogP contribution in [0.4, 0.5) is 4.39 Å². The van der Waals surface area contributed by atoms with Crippen LogP contribution < -0.4 is 10.1 Å². The van der Waals surface area contributed by atoms with Gasteiger partial charge in [0.2, 0.25) is 11.8 Å². The van der Waals surface area contributed by atoms with Gasteiger partial charge in [-0.25, -0.2) is 9.37 Å². The van der Waals surface area contributed by atoms with Crippen LogP contribution in [0.25, 0.3) is 17.2 Å². The number of benzene rings is 2. The number of carbonyl (C=O) groups excluding carboxylic acids is 1. The molecule has 3 aromatic rings. The van der Waals surface area contributed by atoms with Gasteiger partial charge in [0, 0.05) is 24.3 Å². The van der Waals surface area contributed by atoms with Gasteiger partial charge in [-0.05, 0) is 36.2 Å². The van der Waals surface area contributed by atoms with Crippen molar-refractivity contribution in [3.63, 3.8) is 0 Å². The fourth-order valence-corrected chi connectivity index (χ4v) is 2.93. The zero-order valence-corrected chi connectivity index (χ0v) is 14.4. The Hall–Kier alpha value is -3.19. The van der Waals surface area contributed by atoms with Crippen molar-refractivity contribution in [2.24, 2.45) is 0 Å². The minimum Gasteiger partial charge on any atom is -0.467 e. The lowest BCUT2D eigenvalue weighted by Crippen LogP contribution is -2.24. The van der Waals surface area contributed by atoms with Crippen molar-refractivity contribution in [3.05, 3.63) is 65.3 Å². The number of ether oxygens (including phenoxy) is 2. The number of hydrogen-bond donors (Lipinski definition) is 1. The van der Waals surface area contributed by atoms with Gasteiger partial charge >= 0.3 is 0 Å². The second kappa shape index (κ2) is 7.59. The lowest BCUT2D eigenvalue weighted by molar-refractivity contribution is -0.116. The minimum absolute atomic E-state index is 0.144. The molecule has 6 nitrogen and oxygen atoms in total. The highest BCUT2D eigenvalue weighted by Gasteiger charge is 2.16. The van der Waals surface area contributed by atoms with Gasteiger partial charge in [-0.1, -0.05) is 12.1 Å². The molecule has 2 aromatic carbocycles. The summed E-state index contributed by atoms with van der Waals surface area (Å²) in [6.07, 6.45) is 3.32. The van der Waals surface area contributed by atoms with E-state index in [2.05, 4.69) is 10.3 Å². The monoisotopic (exact) mass is 368 g/mol. The fourth-order valence-electron chi connectivity index (χ4n) is 2.93. The van der Waals surface area contributed by atoms with E-state index in [9.17, 15) is 9.18 Å². The number of hydrogen-bond acceptors (Lipinski definition) is 5. The zero-order valence-electron chi connectivity index (χ0n) is 14.4. The molecule has 27 heavy (non-hydrogen) atoms. The second-order valence-electron chi connectivity index (χ2n) is 6.06. The van der Waals surface area contributed by atoms with Gasteiger partial charge in [-0.2, -0.15) is 0 Å². The van der Waals surface area contributed by atoms with Crippen LogP contribution in [0.3, 0.4) is 0 Å². The molecule has 138 valence electrons. The summed E-state index contributed by atoms with van der Waals surface area (Å²) in [6.45, 7) is 0.807. The molecule has 1 amide bonds. The van der Waals surface area contributed by atoms with E-state index in [-0.39, 0.29) is 18.5 Å². The highest BCUT2D eigenvalue weighted by atomic mass is 19.1. The molecule has 0 fully saturated rings. The van der Waals surface area contributed by atoms with Crippen molar-refractivity contribution in [1.82, 2.24) is 10.3 Å². The van der Waals surface area contributed by atoms with Crippen LogP contribution in [0.15, 0.2) is 46.9 Å². The molecule has 4 rings (SSSR count). The summed E-state index contributed by atoms with van der Waals surface area (Å²) in [5.41, 5.74) is 2.78.